The molecule has 104 valence electrons. The van der Waals surface area contributed by atoms with Crippen molar-refractivity contribution < 1.29 is 4.79 Å². The lowest BCUT2D eigenvalue weighted by molar-refractivity contribution is -0.133. The monoisotopic (exact) mass is 324 g/mol. The fourth-order valence-electron chi connectivity index (χ4n) is 2.60. The van der Waals surface area contributed by atoms with Gasteiger partial charge in [0, 0.05) is 22.7 Å². The zero-order valence-electron chi connectivity index (χ0n) is 11.4. The predicted molar refractivity (Wildman–Crippen MR) is 82.3 cm³/mol. The molecule has 1 unspecified atom stereocenters. The van der Waals surface area contributed by atoms with Gasteiger partial charge in [-0.25, -0.2) is 0 Å². The summed E-state index contributed by atoms with van der Waals surface area (Å²) in [5.74, 6) is 0.217. The first-order valence-corrected chi connectivity index (χ1v) is 7.79. The maximum atomic E-state index is 12.3. The van der Waals surface area contributed by atoms with Gasteiger partial charge >= 0.3 is 0 Å². The molecule has 1 aromatic rings. The normalized spacial score (nSPS) is 19.3. The molecule has 1 aliphatic heterocycles. The first kappa shape index (κ1) is 14.4. The van der Waals surface area contributed by atoms with Crippen molar-refractivity contribution in [3.63, 3.8) is 0 Å². The number of hydrogen-bond donors (Lipinski definition) is 1. The van der Waals surface area contributed by atoms with E-state index in [0.717, 1.165) is 36.0 Å². The lowest BCUT2D eigenvalue weighted by Gasteiger charge is -2.35. The highest BCUT2D eigenvalue weighted by molar-refractivity contribution is 9.10. The maximum absolute atomic E-state index is 12.3. The van der Waals surface area contributed by atoms with Crippen LogP contribution in [-0.2, 0) is 4.79 Å². The number of carbonyl (C=O) groups is 1. The van der Waals surface area contributed by atoms with Gasteiger partial charge in [-0.15, -0.1) is 0 Å². The van der Waals surface area contributed by atoms with Crippen molar-refractivity contribution in [1.82, 2.24) is 4.90 Å². The number of nitrogens with zero attached hydrogens (tertiary/aromatic N) is 1. The smallest absolute Gasteiger partial charge is 0.242 e. The van der Waals surface area contributed by atoms with Gasteiger partial charge < -0.3 is 10.2 Å². The molecule has 0 bridgehead atoms. The Morgan fingerprint density at radius 2 is 2.11 bits per heavy atom. The third kappa shape index (κ3) is 3.96. The van der Waals surface area contributed by atoms with Crippen LogP contribution < -0.4 is 5.32 Å². The number of likely N-dealkylation sites (tertiary alicyclic amines) is 1. The Hall–Kier alpha value is -1.03. The van der Waals surface area contributed by atoms with E-state index in [1.54, 1.807) is 0 Å². The summed E-state index contributed by atoms with van der Waals surface area (Å²) in [6, 6.07) is 8.34. The molecule has 2 rings (SSSR count). The van der Waals surface area contributed by atoms with Gasteiger partial charge in [0.15, 0.2) is 0 Å². The summed E-state index contributed by atoms with van der Waals surface area (Å²) in [5, 5.41) is 3.20. The first-order valence-electron chi connectivity index (χ1n) is 6.99. The highest BCUT2D eigenvalue weighted by Crippen LogP contribution is 2.20. The maximum Gasteiger partial charge on any atom is 0.242 e. The van der Waals surface area contributed by atoms with Crippen molar-refractivity contribution in [2.24, 2.45) is 0 Å². The first-order chi connectivity index (χ1) is 9.20. The van der Waals surface area contributed by atoms with Crippen LogP contribution in [0.25, 0.3) is 0 Å². The molecular formula is C15H21BrN2O. The average molecular weight is 325 g/mol. The zero-order valence-corrected chi connectivity index (χ0v) is 12.9. The van der Waals surface area contributed by atoms with E-state index in [1.165, 1.54) is 6.42 Å². The molecule has 0 radical (unpaired) electrons. The topological polar surface area (TPSA) is 32.3 Å². The molecule has 1 N–H and O–H groups in total. The van der Waals surface area contributed by atoms with Crippen molar-refractivity contribution in [2.75, 3.05) is 18.4 Å². The van der Waals surface area contributed by atoms with Gasteiger partial charge in [-0.1, -0.05) is 22.9 Å². The summed E-state index contributed by atoms with van der Waals surface area (Å²) < 4.78 is 1.05. The van der Waals surface area contributed by atoms with Crippen LogP contribution in [0.15, 0.2) is 28.7 Å². The van der Waals surface area contributed by atoms with Crippen LogP contribution in [0.2, 0.25) is 0 Å². The summed E-state index contributed by atoms with van der Waals surface area (Å²) in [7, 11) is 0. The number of carbonyl (C=O) groups excluding carboxylic acids is 1. The standard InChI is InChI=1S/C15H21BrN2O/c1-2-14-5-3-4-10-18(14)15(19)11-17-13-8-6-12(16)7-9-13/h6-9,14,17H,2-5,10-11H2,1H3. The Balaban J connectivity index is 1.87. The lowest BCUT2D eigenvalue weighted by Crippen LogP contribution is -2.45. The SMILES string of the molecule is CCC1CCCCN1C(=O)CNc1ccc(Br)cc1. The fourth-order valence-corrected chi connectivity index (χ4v) is 2.86. The third-order valence-corrected chi connectivity index (χ3v) is 4.24. The molecule has 4 heteroatoms. The number of amides is 1. The minimum absolute atomic E-state index is 0.217. The summed E-state index contributed by atoms with van der Waals surface area (Å²) in [6.45, 7) is 3.47. The van der Waals surface area contributed by atoms with E-state index < -0.39 is 0 Å². The highest BCUT2D eigenvalue weighted by atomic mass is 79.9. The summed E-state index contributed by atoms with van der Waals surface area (Å²) in [6.07, 6.45) is 4.60. The van der Waals surface area contributed by atoms with Crippen molar-refractivity contribution in [3.8, 4) is 0 Å². The van der Waals surface area contributed by atoms with Gasteiger partial charge in [0.1, 0.15) is 0 Å². The Morgan fingerprint density at radius 3 is 2.79 bits per heavy atom. The Bertz CT molecular complexity index is 419. The number of piperidine rings is 1. The minimum Gasteiger partial charge on any atom is -0.376 e. The Labute approximate surface area is 123 Å². The molecule has 1 aliphatic rings. The van der Waals surface area contributed by atoms with E-state index in [1.807, 2.05) is 24.3 Å². The molecule has 1 fully saturated rings. The zero-order chi connectivity index (χ0) is 13.7. The number of benzene rings is 1. The van der Waals surface area contributed by atoms with Crippen LogP contribution >= 0.6 is 15.9 Å². The second-order valence-electron chi connectivity index (χ2n) is 5.01. The van der Waals surface area contributed by atoms with E-state index in [4.69, 9.17) is 0 Å². The largest absolute Gasteiger partial charge is 0.376 e. The minimum atomic E-state index is 0.217. The molecule has 0 aliphatic carbocycles. The van der Waals surface area contributed by atoms with Crippen LogP contribution in [0.3, 0.4) is 0 Å². The van der Waals surface area contributed by atoms with Crippen LogP contribution in [0.4, 0.5) is 5.69 Å². The van der Waals surface area contributed by atoms with Crippen LogP contribution in [0.5, 0.6) is 0 Å². The molecule has 1 saturated heterocycles. The van der Waals surface area contributed by atoms with E-state index in [2.05, 4.69) is 33.1 Å². The molecule has 19 heavy (non-hydrogen) atoms. The van der Waals surface area contributed by atoms with Gasteiger partial charge in [-0.3, -0.25) is 4.79 Å². The summed E-state index contributed by atoms with van der Waals surface area (Å²) in [5.41, 5.74) is 0.988. The second kappa shape index (κ2) is 6.94. The van der Waals surface area contributed by atoms with Crippen LogP contribution in [0, 0.1) is 0 Å². The summed E-state index contributed by atoms with van der Waals surface area (Å²) in [4.78, 5) is 14.3. The van der Waals surface area contributed by atoms with Crippen molar-refractivity contribution in [1.29, 1.82) is 0 Å². The second-order valence-corrected chi connectivity index (χ2v) is 5.92. The van der Waals surface area contributed by atoms with Crippen molar-refractivity contribution >= 4 is 27.5 Å². The predicted octanol–water partition coefficient (Wildman–Crippen LogP) is 3.65. The molecule has 0 spiro atoms. The molecule has 1 heterocycles. The fraction of sp³-hybridized carbons (Fsp3) is 0.533. The third-order valence-electron chi connectivity index (χ3n) is 3.71. The number of hydrogen-bond acceptors (Lipinski definition) is 2. The Morgan fingerprint density at radius 1 is 1.37 bits per heavy atom. The van der Waals surface area contributed by atoms with E-state index in [9.17, 15) is 4.79 Å². The number of nitrogens with one attached hydrogen (secondary N) is 1. The number of anilines is 1. The quantitative estimate of drug-likeness (QED) is 0.916. The van der Waals surface area contributed by atoms with Gasteiger partial charge in [-0.05, 0) is 49.9 Å². The number of rotatable bonds is 4. The van der Waals surface area contributed by atoms with Gasteiger partial charge in [0.2, 0.25) is 5.91 Å². The molecule has 1 aromatic carbocycles. The van der Waals surface area contributed by atoms with Crippen LogP contribution in [0.1, 0.15) is 32.6 Å². The van der Waals surface area contributed by atoms with E-state index in [0.29, 0.717) is 12.6 Å². The van der Waals surface area contributed by atoms with E-state index >= 15 is 0 Å². The Kier molecular flexibility index (Phi) is 5.25. The highest BCUT2D eigenvalue weighted by Gasteiger charge is 2.24. The van der Waals surface area contributed by atoms with Crippen molar-refractivity contribution in [2.45, 2.75) is 38.6 Å². The molecular weight excluding hydrogens is 304 g/mol. The van der Waals surface area contributed by atoms with Crippen LogP contribution in [-0.4, -0.2) is 29.9 Å². The summed E-state index contributed by atoms with van der Waals surface area (Å²) >= 11 is 3.40. The molecule has 0 aromatic heterocycles. The molecule has 0 saturated carbocycles. The van der Waals surface area contributed by atoms with Gasteiger partial charge in [-0.2, -0.15) is 0 Å². The van der Waals surface area contributed by atoms with Crippen molar-refractivity contribution in [3.05, 3.63) is 28.7 Å². The molecule has 3 nitrogen and oxygen atoms in total. The lowest BCUT2D eigenvalue weighted by atomic mass is 10.00. The van der Waals surface area contributed by atoms with Gasteiger partial charge in [0.05, 0.1) is 6.54 Å². The molecule has 1 atom stereocenters. The number of halogens is 1. The van der Waals surface area contributed by atoms with Gasteiger partial charge in [0.25, 0.3) is 0 Å². The average Bonchev–Trinajstić information content (AvgIpc) is 2.46. The van der Waals surface area contributed by atoms with E-state index in [-0.39, 0.29) is 5.91 Å². The molecule has 1 amide bonds.